The molecule has 1 heterocycles. The van der Waals surface area contributed by atoms with Crippen molar-refractivity contribution in [2.24, 2.45) is 0 Å². The Labute approximate surface area is 230 Å². The average molecular weight is 550 g/mol. The van der Waals surface area contributed by atoms with Crippen molar-refractivity contribution in [1.82, 2.24) is 4.57 Å². The second-order valence-electron chi connectivity index (χ2n) is 9.53. The van der Waals surface area contributed by atoms with Gasteiger partial charge in [0.15, 0.2) is 0 Å². The van der Waals surface area contributed by atoms with Gasteiger partial charge >= 0.3 is 0 Å². The molecule has 0 amide bonds. The number of para-hydroxylation sites is 1. The number of benzene rings is 6. The van der Waals surface area contributed by atoms with Gasteiger partial charge in [0.25, 0.3) is 0 Å². The maximum Gasteiger partial charge on any atom is 0.0619 e. The summed E-state index contributed by atoms with van der Waals surface area (Å²) in [4.78, 5) is 0. The summed E-state index contributed by atoms with van der Waals surface area (Å²) in [6.07, 6.45) is 0. The Morgan fingerprint density at radius 3 is 1.50 bits per heavy atom. The third-order valence-electron chi connectivity index (χ3n) is 7.24. The smallest absolute Gasteiger partial charge is 0.0619 e. The molecule has 0 aliphatic rings. The fraction of sp³-hybridized carbons (Fsp3) is 0. The first-order valence-corrected chi connectivity index (χ1v) is 13.6. The van der Waals surface area contributed by atoms with E-state index in [0.29, 0.717) is 0 Å². The van der Waals surface area contributed by atoms with Crippen LogP contribution in [0.4, 0.5) is 0 Å². The predicted octanol–water partition coefficient (Wildman–Crippen LogP) is 10.5. The van der Waals surface area contributed by atoms with E-state index in [4.69, 9.17) is 0 Å². The largest absolute Gasteiger partial charge is 0.308 e. The van der Waals surface area contributed by atoms with E-state index in [2.05, 4.69) is 166 Å². The SMILES string of the molecule is Brc1ccc2c(c1)c1ccccc1n2-c1c(-c2ccccc2)cc(-c2ccccc2)cc1-c1ccccc1. The lowest BCUT2D eigenvalue weighted by Crippen LogP contribution is -2.01. The molecule has 0 saturated carbocycles. The van der Waals surface area contributed by atoms with Crippen molar-refractivity contribution in [2.75, 3.05) is 0 Å². The maximum absolute atomic E-state index is 3.71. The van der Waals surface area contributed by atoms with Gasteiger partial charge in [-0.1, -0.05) is 125 Å². The molecule has 0 bridgehead atoms. The highest BCUT2D eigenvalue weighted by molar-refractivity contribution is 9.10. The first-order valence-electron chi connectivity index (χ1n) is 12.8. The summed E-state index contributed by atoms with van der Waals surface area (Å²) < 4.78 is 3.54. The van der Waals surface area contributed by atoms with E-state index in [-0.39, 0.29) is 0 Å². The third-order valence-corrected chi connectivity index (χ3v) is 7.74. The number of rotatable bonds is 4. The van der Waals surface area contributed by atoms with Crippen LogP contribution in [0.25, 0.3) is 60.9 Å². The van der Waals surface area contributed by atoms with Crippen LogP contribution in [0.15, 0.2) is 150 Å². The summed E-state index contributed by atoms with van der Waals surface area (Å²) in [5.74, 6) is 0. The zero-order valence-corrected chi connectivity index (χ0v) is 22.3. The molecular formula is C36H24BrN. The van der Waals surface area contributed by atoms with E-state index >= 15 is 0 Å². The number of hydrogen-bond acceptors (Lipinski definition) is 0. The van der Waals surface area contributed by atoms with Crippen molar-refractivity contribution in [3.8, 4) is 39.1 Å². The van der Waals surface area contributed by atoms with Crippen LogP contribution in [0, 0.1) is 0 Å². The van der Waals surface area contributed by atoms with Gasteiger partial charge in [0, 0.05) is 26.4 Å². The van der Waals surface area contributed by atoms with E-state index in [0.717, 1.165) is 4.47 Å². The Morgan fingerprint density at radius 1 is 0.395 bits per heavy atom. The average Bonchev–Trinajstić information content (AvgIpc) is 3.31. The molecule has 0 radical (unpaired) electrons. The van der Waals surface area contributed by atoms with Crippen molar-refractivity contribution in [3.63, 3.8) is 0 Å². The summed E-state index contributed by atoms with van der Waals surface area (Å²) in [5.41, 5.74) is 10.8. The summed E-state index contributed by atoms with van der Waals surface area (Å²) in [6, 6.07) is 52.2. The molecule has 7 rings (SSSR count). The monoisotopic (exact) mass is 549 g/mol. The minimum atomic E-state index is 1.08. The molecule has 0 unspecified atom stereocenters. The molecule has 0 spiro atoms. The molecule has 1 aromatic heterocycles. The van der Waals surface area contributed by atoms with Crippen molar-refractivity contribution in [3.05, 3.63) is 150 Å². The van der Waals surface area contributed by atoms with Crippen LogP contribution in [0.5, 0.6) is 0 Å². The van der Waals surface area contributed by atoms with Gasteiger partial charge in [-0.3, -0.25) is 0 Å². The molecule has 0 fully saturated rings. The Hall–Kier alpha value is -4.40. The van der Waals surface area contributed by atoms with E-state index in [1.165, 1.54) is 60.9 Å². The fourth-order valence-corrected chi connectivity index (χ4v) is 5.90. The molecule has 0 N–H and O–H groups in total. The van der Waals surface area contributed by atoms with Crippen molar-refractivity contribution < 1.29 is 0 Å². The highest BCUT2D eigenvalue weighted by Crippen LogP contribution is 2.44. The lowest BCUT2D eigenvalue weighted by atomic mass is 9.90. The standard InChI is InChI=1S/C36H24BrN/c37-29-20-21-35-33(24-29)30-18-10-11-19-34(30)38(35)36-31(26-14-6-2-7-15-26)22-28(25-12-4-1-5-13-25)23-32(36)27-16-8-3-9-17-27/h1-24H. The number of aromatic nitrogens is 1. The van der Waals surface area contributed by atoms with Crippen molar-refractivity contribution in [2.45, 2.75) is 0 Å². The van der Waals surface area contributed by atoms with Crippen molar-refractivity contribution in [1.29, 1.82) is 0 Å². The topological polar surface area (TPSA) is 4.93 Å². The molecule has 0 saturated heterocycles. The maximum atomic E-state index is 3.71. The Morgan fingerprint density at radius 2 is 0.895 bits per heavy atom. The molecule has 7 aromatic rings. The van der Waals surface area contributed by atoms with Gasteiger partial charge in [-0.25, -0.2) is 0 Å². The predicted molar refractivity (Wildman–Crippen MR) is 165 cm³/mol. The van der Waals surface area contributed by atoms with Crippen LogP contribution in [0.2, 0.25) is 0 Å². The number of fused-ring (bicyclic) bond motifs is 3. The Kier molecular flexibility index (Phi) is 5.68. The number of hydrogen-bond donors (Lipinski definition) is 0. The lowest BCUT2D eigenvalue weighted by Gasteiger charge is -2.21. The van der Waals surface area contributed by atoms with Crippen molar-refractivity contribution >= 4 is 37.7 Å². The third kappa shape index (κ3) is 3.86. The second-order valence-corrected chi connectivity index (χ2v) is 10.4. The van der Waals surface area contributed by atoms with Gasteiger partial charge in [0.05, 0.1) is 16.7 Å². The number of nitrogens with zero attached hydrogens (tertiary/aromatic N) is 1. The molecule has 0 atom stereocenters. The minimum Gasteiger partial charge on any atom is -0.308 e. The van der Waals surface area contributed by atoms with E-state index in [9.17, 15) is 0 Å². The molecule has 38 heavy (non-hydrogen) atoms. The highest BCUT2D eigenvalue weighted by Gasteiger charge is 2.21. The summed E-state index contributed by atoms with van der Waals surface area (Å²) in [7, 11) is 0. The molecule has 6 aromatic carbocycles. The highest BCUT2D eigenvalue weighted by atomic mass is 79.9. The molecule has 0 aliphatic heterocycles. The van der Waals surface area contributed by atoms with Crippen LogP contribution in [-0.4, -0.2) is 4.57 Å². The Bertz CT molecular complexity index is 1840. The van der Waals surface area contributed by atoms with Crippen LogP contribution in [0.1, 0.15) is 0 Å². The summed E-state index contributed by atoms with van der Waals surface area (Å²) in [6.45, 7) is 0. The Balaban J connectivity index is 1.68. The summed E-state index contributed by atoms with van der Waals surface area (Å²) >= 11 is 3.71. The quantitative estimate of drug-likeness (QED) is 0.205. The second kappa shape index (κ2) is 9.48. The molecule has 180 valence electrons. The zero-order chi connectivity index (χ0) is 25.5. The van der Waals surface area contributed by atoms with Crippen LogP contribution >= 0.6 is 15.9 Å². The normalized spacial score (nSPS) is 11.3. The van der Waals surface area contributed by atoms with Crippen LogP contribution in [-0.2, 0) is 0 Å². The first-order chi connectivity index (χ1) is 18.8. The van der Waals surface area contributed by atoms with E-state index < -0.39 is 0 Å². The van der Waals surface area contributed by atoms with Gasteiger partial charge in [-0.05, 0) is 58.7 Å². The molecule has 1 nitrogen and oxygen atoms in total. The van der Waals surface area contributed by atoms with Gasteiger partial charge in [-0.2, -0.15) is 0 Å². The summed E-state index contributed by atoms with van der Waals surface area (Å²) in [5, 5.41) is 2.48. The fourth-order valence-electron chi connectivity index (χ4n) is 5.53. The van der Waals surface area contributed by atoms with E-state index in [1.54, 1.807) is 0 Å². The van der Waals surface area contributed by atoms with Gasteiger partial charge in [0.1, 0.15) is 0 Å². The minimum absolute atomic E-state index is 1.08. The van der Waals surface area contributed by atoms with Gasteiger partial charge in [0.2, 0.25) is 0 Å². The molecular weight excluding hydrogens is 526 g/mol. The van der Waals surface area contributed by atoms with E-state index in [1.807, 2.05) is 0 Å². The first kappa shape index (κ1) is 22.8. The van der Waals surface area contributed by atoms with Gasteiger partial charge in [-0.15, -0.1) is 0 Å². The van der Waals surface area contributed by atoms with Crippen LogP contribution < -0.4 is 0 Å². The van der Waals surface area contributed by atoms with Crippen LogP contribution in [0.3, 0.4) is 0 Å². The lowest BCUT2D eigenvalue weighted by molar-refractivity contribution is 1.18. The molecule has 2 heteroatoms. The molecule has 0 aliphatic carbocycles. The van der Waals surface area contributed by atoms with Gasteiger partial charge < -0.3 is 4.57 Å². The zero-order valence-electron chi connectivity index (χ0n) is 20.7. The number of halogens is 1.